The molecule has 0 aliphatic carbocycles. The minimum absolute atomic E-state index is 0.0141. The van der Waals surface area contributed by atoms with Crippen molar-refractivity contribution in [3.63, 3.8) is 0 Å². The molecule has 126 valence electrons. The molecule has 0 saturated heterocycles. The van der Waals surface area contributed by atoms with Crippen molar-refractivity contribution < 1.29 is 9.72 Å². The van der Waals surface area contributed by atoms with Crippen LogP contribution in [0.1, 0.15) is 15.2 Å². The van der Waals surface area contributed by atoms with Crippen molar-refractivity contribution in [3.8, 4) is 11.3 Å². The average Bonchev–Trinajstić information content (AvgIpc) is 2.89. The maximum absolute atomic E-state index is 12.5. The van der Waals surface area contributed by atoms with E-state index in [0.29, 0.717) is 4.80 Å². The molecule has 6 nitrogen and oxygen atoms in total. The van der Waals surface area contributed by atoms with E-state index in [2.05, 4.69) is 4.99 Å². The van der Waals surface area contributed by atoms with Gasteiger partial charge in [-0.1, -0.05) is 42.5 Å². The maximum atomic E-state index is 12.5. The van der Waals surface area contributed by atoms with E-state index in [1.54, 1.807) is 6.07 Å². The molecule has 0 aliphatic rings. The summed E-state index contributed by atoms with van der Waals surface area (Å²) in [5.41, 5.74) is 1.74. The van der Waals surface area contributed by atoms with Crippen molar-refractivity contribution in [1.82, 2.24) is 4.57 Å². The van der Waals surface area contributed by atoms with Gasteiger partial charge in [-0.3, -0.25) is 14.9 Å². The first kappa shape index (κ1) is 16.8. The van der Waals surface area contributed by atoms with Crippen molar-refractivity contribution in [2.45, 2.75) is 6.92 Å². The quantitative estimate of drug-likeness (QED) is 0.532. The first-order valence-corrected chi connectivity index (χ1v) is 8.35. The van der Waals surface area contributed by atoms with Crippen LogP contribution in [0.2, 0.25) is 0 Å². The van der Waals surface area contributed by atoms with Crippen LogP contribution < -0.4 is 4.80 Å². The second-order valence-electron chi connectivity index (χ2n) is 5.41. The molecule has 0 saturated carbocycles. The van der Waals surface area contributed by atoms with Crippen molar-refractivity contribution in [3.05, 3.63) is 80.0 Å². The van der Waals surface area contributed by atoms with E-state index in [9.17, 15) is 14.9 Å². The Morgan fingerprint density at radius 3 is 2.44 bits per heavy atom. The first-order valence-electron chi connectivity index (χ1n) is 7.53. The molecule has 0 spiro atoms. The predicted octanol–water partition coefficient (Wildman–Crippen LogP) is 3.71. The Labute approximate surface area is 147 Å². The second kappa shape index (κ2) is 6.82. The number of nitro benzene ring substituents is 1. The van der Waals surface area contributed by atoms with Gasteiger partial charge in [-0.25, -0.2) is 0 Å². The molecule has 0 N–H and O–H groups in total. The molecule has 2 aromatic carbocycles. The molecule has 0 bridgehead atoms. The average molecular weight is 353 g/mol. The summed E-state index contributed by atoms with van der Waals surface area (Å²) in [4.78, 5) is 28.6. The fraction of sp³-hybridized carbons (Fsp3) is 0.111. The first-order chi connectivity index (χ1) is 12.0. The molecular weight excluding hydrogens is 338 g/mol. The number of para-hydroxylation sites is 1. The van der Waals surface area contributed by atoms with Crippen LogP contribution in [0.25, 0.3) is 11.3 Å². The summed E-state index contributed by atoms with van der Waals surface area (Å²) < 4.78 is 1.84. The van der Waals surface area contributed by atoms with Crippen LogP contribution in [0.3, 0.4) is 0 Å². The van der Waals surface area contributed by atoms with E-state index in [-0.39, 0.29) is 11.3 Å². The third-order valence-electron chi connectivity index (χ3n) is 3.78. The maximum Gasteiger partial charge on any atom is 0.286 e. The van der Waals surface area contributed by atoms with E-state index in [1.807, 2.05) is 48.9 Å². The van der Waals surface area contributed by atoms with Crippen molar-refractivity contribution in [2.24, 2.45) is 12.0 Å². The van der Waals surface area contributed by atoms with Crippen LogP contribution in [-0.4, -0.2) is 15.4 Å². The molecule has 0 atom stereocenters. The Hall–Kier alpha value is -3.06. The zero-order valence-electron chi connectivity index (χ0n) is 13.7. The molecule has 0 unspecified atom stereocenters. The Morgan fingerprint density at radius 1 is 1.12 bits per heavy atom. The van der Waals surface area contributed by atoms with Crippen LogP contribution >= 0.6 is 11.3 Å². The topological polar surface area (TPSA) is 77.5 Å². The molecule has 25 heavy (non-hydrogen) atoms. The molecule has 0 radical (unpaired) electrons. The Balaban J connectivity index is 2.09. The van der Waals surface area contributed by atoms with Crippen molar-refractivity contribution in [2.75, 3.05) is 0 Å². The number of rotatable bonds is 3. The summed E-state index contributed by atoms with van der Waals surface area (Å²) in [5, 5.41) is 11.1. The van der Waals surface area contributed by atoms with Crippen LogP contribution in [0, 0.1) is 17.0 Å². The number of aromatic nitrogens is 1. The fourth-order valence-corrected chi connectivity index (χ4v) is 3.62. The summed E-state index contributed by atoms with van der Waals surface area (Å²) in [6.07, 6.45) is 0. The van der Waals surface area contributed by atoms with E-state index >= 15 is 0 Å². The lowest BCUT2D eigenvalue weighted by Crippen LogP contribution is -2.15. The summed E-state index contributed by atoms with van der Waals surface area (Å²) >= 11 is 1.38. The van der Waals surface area contributed by atoms with Gasteiger partial charge < -0.3 is 4.57 Å². The Kier molecular flexibility index (Phi) is 4.58. The minimum Gasteiger partial charge on any atom is -0.319 e. The van der Waals surface area contributed by atoms with Gasteiger partial charge in [0.1, 0.15) is 5.56 Å². The van der Waals surface area contributed by atoms with Gasteiger partial charge in [0.05, 0.1) is 10.6 Å². The number of benzene rings is 2. The molecule has 7 heteroatoms. The van der Waals surface area contributed by atoms with E-state index in [1.165, 1.54) is 29.5 Å². The molecular formula is C18H15N3O3S. The third-order valence-corrected chi connectivity index (χ3v) is 4.82. The number of thiazole rings is 1. The van der Waals surface area contributed by atoms with Crippen LogP contribution in [0.5, 0.6) is 0 Å². The molecule has 1 amide bonds. The number of amides is 1. The van der Waals surface area contributed by atoms with Crippen molar-refractivity contribution in [1.29, 1.82) is 0 Å². The van der Waals surface area contributed by atoms with Gasteiger partial charge in [-0.05, 0) is 18.6 Å². The van der Waals surface area contributed by atoms with Gasteiger partial charge in [-0.2, -0.15) is 4.99 Å². The zero-order chi connectivity index (χ0) is 18.0. The lowest BCUT2D eigenvalue weighted by Gasteiger charge is -2.04. The molecule has 3 rings (SSSR count). The van der Waals surface area contributed by atoms with Gasteiger partial charge in [0.2, 0.25) is 0 Å². The number of carbonyl (C=O) groups is 1. The normalized spacial score (nSPS) is 11.5. The fourth-order valence-electron chi connectivity index (χ4n) is 2.64. The summed E-state index contributed by atoms with van der Waals surface area (Å²) in [6, 6.07) is 15.6. The monoisotopic (exact) mass is 353 g/mol. The summed E-state index contributed by atoms with van der Waals surface area (Å²) in [5.74, 6) is -0.622. The van der Waals surface area contributed by atoms with E-state index in [0.717, 1.165) is 16.1 Å². The molecule has 1 heterocycles. The second-order valence-corrected chi connectivity index (χ2v) is 6.59. The van der Waals surface area contributed by atoms with E-state index in [4.69, 9.17) is 0 Å². The standard InChI is InChI=1S/C18H15N3O3S/c1-12-16(13-8-4-3-5-9-13)20(2)18(25-12)19-17(22)14-10-6-7-11-15(14)21(23)24/h3-11H,1-2H3. The predicted molar refractivity (Wildman–Crippen MR) is 96.5 cm³/mol. The zero-order valence-corrected chi connectivity index (χ0v) is 14.5. The number of nitrogens with zero attached hydrogens (tertiary/aromatic N) is 3. The van der Waals surface area contributed by atoms with Crippen molar-refractivity contribution >= 4 is 22.9 Å². The number of hydrogen-bond donors (Lipinski definition) is 0. The van der Waals surface area contributed by atoms with Gasteiger partial charge >= 0.3 is 0 Å². The highest BCUT2D eigenvalue weighted by atomic mass is 32.1. The van der Waals surface area contributed by atoms with Crippen LogP contribution in [-0.2, 0) is 7.05 Å². The van der Waals surface area contributed by atoms with Gasteiger partial charge in [0.15, 0.2) is 4.80 Å². The number of hydrogen-bond acceptors (Lipinski definition) is 4. The van der Waals surface area contributed by atoms with Crippen LogP contribution in [0.15, 0.2) is 59.6 Å². The lowest BCUT2D eigenvalue weighted by molar-refractivity contribution is -0.385. The smallest absolute Gasteiger partial charge is 0.286 e. The number of carbonyl (C=O) groups excluding carboxylic acids is 1. The lowest BCUT2D eigenvalue weighted by atomic mass is 10.1. The van der Waals surface area contributed by atoms with E-state index < -0.39 is 10.8 Å². The highest BCUT2D eigenvalue weighted by molar-refractivity contribution is 7.09. The number of nitro groups is 1. The number of aryl methyl sites for hydroxylation is 1. The molecule has 1 aromatic heterocycles. The molecule has 0 aliphatic heterocycles. The highest BCUT2D eigenvalue weighted by Gasteiger charge is 2.19. The molecule has 0 fully saturated rings. The van der Waals surface area contributed by atoms with Gasteiger partial charge in [0, 0.05) is 18.0 Å². The van der Waals surface area contributed by atoms with Gasteiger partial charge in [-0.15, -0.1) is 11.3 Å². The Morgan fingerprint density at radius 2 is 1.76 bits per heavy atom. The van der Waals surface area contributed by atoms with Crippen LogP contribution in [0.4, 0.5) is 5.69 Å². The largest absolute Gasteiger partial charge is 0.319 e. The molecule has 3 aromatic rings. The van der Waals surface area contributed by atoms with Gasteiger partial charge in [0.25, 0.3) is 11.6 Å². The highest BCUT2D eigenvalue weighted by Crippen LogP contribution is 2.24. The minimum atomic E-state index is -0.622. The summed E-state index contributed by atoms with van der Waals surface area (Å²) in [6.45, 7) is 1.96. The third kappa shape index (κ3) is 3.27. The Bertz CT molecular complexity index is 1020. The SMILES string of the molecule is Cc1sc(=NC(=O)c2ccccc2[N+](=O)[O-])n(C)c1-c1ccccc1. The summed E-state index contributed by atoms with van der Waals surface area (Å²) in [7, 11) is 1.83.